The Labute approximate surface area is 107 Å². The fourth-order valence-electron chi connectivity index (χ4n) is 1.53. The molecule has 1 aromatic carbocycles. The quantitative estimate of drug-likeness (QED) is 0.867. The van der Waals surface area contributed by atoms with Crippen molar-refractivity contribution in [2.24, 2.45) is 10.7 Å². The van der Waals surface area contributed by atoms with E-state index in [0.717, 1.165) is 4.47 Å². The molecular weight excluding hydrogens is 294 g/mol. The number of hydrogen-bond acceptors (Lipinski definition) is 3. The topological polar surface area (TPSA) is 47.6 Å². The second-order valence-corrected chi connectivity index (χ2v) is 4.20. The average molecular weight is 307 g/mol. The highest BCUT2D eigenvalue weighted by Crippen LogP contribution is 2.28. The fourth-order valence-corrected chi connectivity index (χ4v) is 1.90. The number of rotatable bonds is 1. The van der Waals surface area contributed by atoms with Crippen LogP contribution in [0.3, 0.4) is 0 Å². The Morgan fingerprint density at radius 1 is 1.47 bits per heavy atom. The Balaban J connectivity index is 0.000000686. The summed E-state index contributed by atoms with van der Waals surface area (Å²) in [6.45, 7) is 0.478. The van der Waals surface area contributed by atoms with Gasteiger partial charge in [-0.1, -0.05) is 15.9 Å². The minimum Gasteiger partial charge on any atom is -0.465 e. The predicted molar refractivity (Wildman–Crippen MR) is 66.1 cm³/mol. The van der Waals surface area contributed by atoms with Crippen LogP contribution in [-0.2, 0) is 4.74 Å². The third kappa shape index (κ3) is 3.66. The van der Waals surface area contributed by atoms with Crippen molar-refractivity contribution in [2.45, 2.75) is 12.5 Å². The molecule has 0 fully saturated rings. The molecule has 6 heteroatoms. The summed E-state index contributed by atoms with van der Waals surface area (Å²) in [4.78, 5) is 4.07. The number of ether oxygens (including phenoxy) is 1. The predicted octanol–water partition coefficient (Wildman–Crippen LogP) is 2.95. The van der Waals surface area contributed by atoms with E-state index >= 15 is 0 Å². The molecule has 0 saturated heterocycles. The lowest BCUT2D eigenvalue weighted by atomic mass is 10.0. The zero-order chi connectivity index (χ0) is 12.8. The van der Waals surface area contributed by atoms with Crippen LogP contribution in [-0.4, -0.2) is 19.8 Å². The zero-order valence-electron chi connectivity index (χ0n) is 9.29. The SMILES string of the molecule is CF.NC1=NC(c2cc(Br)ccc2F)CCO1. The maximum absolute atomic E-state index is 13.5. The van der Waals surface area contributed by atoms with Gasteiger partial charge in [0, 0.05) is 16.5 Å². The highest BCUT2D eigenvalue weighted by molar-refractivity contribution is 9.10. The number of alkyl halides is 1. The molecule has 1 atom stereocenters. The first-order chi connectivity index (χ1) is 8.16. The minimum absolute atomic E-state index is 0.130. The normalized spacial score (nSPS) is 18.6. The Morgan fingerprint density at radius 3 is 2.82 bits per heavy atom. The van der Waals surface area contributed by atoms with E-state index in [4.69, 9.17) is 10.5 Å². The Hall–Kier alpha value is -1.17. The molecule has 1 heterocycles. The Bertz CT molecular complexity index is 412. The molecule has 0 bridgehead atoms. The van der Waals surface area contributed by atoms with Gasteiger partial charge < -0.3 is 10.5 Å². The summed E-state index contributed by atoms with van der Waals surface area (Å²) < 4.78 is 28.8. The maximum Gasteiger partial charge on any atom is 0.282 e. The summed E-state index contributed by atoms with van der Waals surface area (Å²) in [7, 11) is 0.500. The molecule has 1 unspecified atom stereocenters. The first-order valence-electron chi connectivity index (χ1n) is 4.95. The van der Waals surface area contributed by atoms with Crippen molar-refractivity contribution in [3.05, 3.63) is 34.1 Å². The molecule has 2 N–H and O–H groups in total. The second-order valence-electron chi connectivity index (χ2n) is 3.29. The van der Waals surface area contributed by atoms with E-state index in [0.29, 0.717) is 25.8 Å². The molecule has 94 valence electrons. The summed E-state index contributed by atoms with van der Waals surface area (Å²) in [5.74, 6) is -0.262. The molecule has 1 aromatic rings. The van der Waals surface area contributed by atoms with Gasteiger partial charge in [-0.15, -0.1) is 0 Å². The van der Waals surface area contributed by atoms with Gasteiger partial charge in [-0.25, -0.2) is 9.38 Å². The van der Waals surface area contributed by atoms with Crippen molar-refractivity contribution in [1.29, 1.82) is 0 Å². The second kappa shape index (κ2) is 6.54. The van der Waals surface area contributed by atoms with Gasteiger partial charge in [-0.05, 0) is 18.2 Å². The van der Waals surface area contributed by atoms with E-state index in [9.17, 15) is 8.78 Å². The standard InChI is InChI=1S/C10H10BrFN2O.CH3F/c11-6-1-2-8(12)7(5-6)9-3-4-15-10(13)14-9;1-2/h1-2,5,9H,3-4H2,(H2,13,14);1H3. The van der Waals surface area contributed by atoms with Crippen molar-refractivity contribution in [1.82, 2.24) is 0 Å². The third-order valence-electron chi connectivity index (χ3n) is 2.24. The van der Waals surface area contributed by atoms with E-state index in [1.54, 1.807) is 12.1 Å². The van der Waals surface area contributed by atoms with E-state index < -0.39 is 0 Å². The summed E-state index contributed by atoms with van der Waals surface area (Å²) >= 11 is 3.30. The largest absolute Gasteiger partial charge is 0.465 e. The molecule has 0 aliphatic carbocycles. The van der Waals surface area contributed by atoms with Gasteiger partial charge in [0.15, 0.2) is 0 Å². The number of benzene rings is 1. The van der Waals surface area contributed by atoms with E-state index in [2.05, 4.69) is 20.9 Å². The molecule has 0 radical (unpaired) electrons. The van der Waals surface area contributed by atoms with Gasteiger partial charge in [-0.3, -0.25) is 4.39 Å². The van der Waals surface area contributed by atoms with Crippen LogP contribution in [0.4, 0.5) is 8.78 Å². The molecule has 0 saturated carbocycles. The van der Waals surface area contributed by atoms with Crippen LogP contribution in [0.25, 0.3) is 0 Å². The summed E-state index contributed by atoms with van der Waals surface area (Å²) in [5, 5.41) is 0. The van der Waals surface area contributed by atoms with Crippen molar-refractivity contribution in [3.8, 4) is 0 Å². The lowest BCUT2D eigenvalue weighted by Gasteiger charge is -2.19. The van der Waals surface area contributed by atoms with Crippen molar-refractivity contribution < 1.29 is 13.5 Å². The van der Waals surface area contributed by atoms with Crippen LogP contribution in [0.1, 0.15) is 18.0 Å². The van der Waals surface area contributed by atoms with Crippen LogP contribution in [0.15, 0.2) is 27.7 Å². The van der Waals surface area contributed by atoms with Crippen molar-refractivity contribution >= 4 is 22.0 Å². The van der Waals surface area contributed by atoms with Crippen LogP contribution in [0, 0.1) is 5.82 Å². The summed E-state index contributed by atoms with van der Waals surface area (Å²) in [6.07, 6.45) is 0.647. The molecule has 1 aliphatic heterocycles. The third-order valence-corrected chi connectivity index (χ3v) is 2.73. The number of nitrogens with zero attached hydrogens (tertiary/aromatic N) is 1. The zero-order valence-corrected chi connectivity index (χ0v) is 10.9. The van der Waals surface area contributed by atoms with Gasteiger partial charge in [0.25, 0.3) is 6.02 Å². The van der Waals surface area contributed by atoms with Crippen LogP contribution < -0.4 is 5.73 Å². The fraction of sp³-hybridized carbons (Fsp3) is 0.364. The minimum atomic E-state index is -0.262. The van der Waals surface area contributed by atoms with E-state index in [1.807, 2.05) is 0 Å². The molecule has 0 amide bonds. The van der Waals surface area contributed by atoms with Crippen molar-refractivity contribution in [2.75, 3.05) is 13.8 Å². The van der Waals surface area contributed by atoms with Gasteiger partial charge >= 0.3 is 0 Å². The molecular formula is C11H13BrF2N2O. The monoisotopic (exact) mass is 306 g/mol. The summed E-state index contributed by atoms with van der Waals surface area (Å²) in [5.41, 5.74) is 6.00. The smallest absolute Gasteiger partial charge is 0.282 e. The lowest BCUT2D eigenvalue weighted by molar-refractivity contribution is 0.255. The number of aliphatic imine (C=N–C) groups is 1. The molecule has 3 nitrogen and oxygen atoms in total. The molecule has 1 aliphatic rings. The molecule has 17 heavy (non-hydrogen) atoms. The van der Waals surface area contributed by atoms with Crippen LogP contribution in [0.5, 0.6) is 0 Å². The van der Waals surface area contributed by atoms with Gasteiger partial charge in [-0.2, -0.15) is 0 Å². The first kappa shape index (κ1) is 13.9. The number of halogens is 3. The van der Waals surface area contributed by atoms with E-state index in [-0.39, 0.29) is 17.9 Å². The van der Waals surface area contributed by atoms with Crippen LogP contribution >= 0.6 is 15.9 Å². The van der Waals surface area contributed by atoms with Crippen LogP contribution in [0.2, 0.25) is 0 Å². The highest BCUT2D eigenvalue weighted by Gasteiger charge is 2.19. The molecule has 0 aromatic heterocycles. The summed E-state index contributed by atoms with van der Waals surface area (Å²) in [6, 6.07) is 4.69. The maximum atomic E-state index is 13.5. The van der Waals surface area contributed by atoms with Gasteiger partial charge in [0.05, 0.1) is 19.8 Å². The molecule has 0 spiro atoms. The molecule has 2 rings (SSSR count). The average Bonchev–Trinajstić information content (AvgIpc) is 2.35. The number of amidine groups is 1. The number of nitrogens with two attached hydrogens (primary N) is 1. The van der Waals surface area contributed by atoms with Crippen molar-refractivity contribution in [3.63, 3.8) is 0 Å². The van der Waals surface area contributed by atoms with Gasteiger partial charge in [0.1, 0.15) is 5.82 Å². The van der Waals surface area contributed by atoms with E-state index in [1.165, 1.54) is 6.07 Å². The highest BCUT2D eigenvalue weighted by atomic mass is 79.9. The first-order valence-corrected chi connectivity index (χ1v) is 5.75. The Kier molecular flexibility index (Phi) is 5.34. The Morgan fingerprint density at radius 2 is 2.18 bits per heavy atom. The lowest BCUT2D eigenvalue weighted by Crippen LogP contribution is -2.24. The van der Waals surface area contributed by atoms with Gasteiger partial charge in [0.2, 0.25) is 0 Å². The number of hydrogen-bond donors (Lipinski definition) is 1.